The van der Waals surface area contributed by atoms with Crippen molar-refractivity contribution in [3.8, 4) is 0 Å². The lowest BCUT2D eigenvalue weighted by atomic mass is 10.1. The van der Waals surface area contributed by atoms with Gasteiger partial charge < -0.3 is 10.0 Å². The minimum absolute atomic E-state index is 0.0547. The summed E-state index contributed by atoms with van der Waals surface area (Å²) in [6.45, 7) is 4.37. The molecule has 2 fully saturated rings. The Morgan fingerprint density at radius 3 is 2.45 bits per heavy atom. The number of β-amino-alcohol motifs (C(OH)–C–C–N with tert-alkyl or cyclic N) is 1. The van der Waals surface area contributed by atoms with Gasteiger partial charge in [-0.3, -0.25) is 4.90 Å². The van der Waals surface area contributed by atoms with Gasteiger partial charge in [0, 0.05) is 32.2 Å². The molecule has 11 heavy (non-hydrogen) atoms. The molecule has 64 valence electrons. The molecule has 0 aromatic heterocycles. The molecule has 2 rings (SSSR count). The molecule has 2 aliphatic heterocycles. The number of likely N-dealkylation sites (tertiary alicyclic amines) is 2. The average molecular weight is 156 g/mol. The molecule has 0 radical (unpaired) electrons. The Hall–Kier alpha value is -0.120. The zero-order valence-electron chi connectivity index (χ0n) is 7.03. The molecule has 2 aliphatic rings. The Morgan fingerprint density at radius 2 is 2.00 bits per heavy atom. The molecule has 0 aliphatic carbocycles. The quantitative estimate of drug-likeness (QED) is 0.547. The van der Waals surface area contributed by atoms with E-state index in [9.17, 15) is 5.11 Å². The highest BCUT2D eigenvalue weighted by Gasteiger charge is 2.33. The van der Waals surface area contributed by atoms with Crippen molar-refractivity contribution >= 4 is 0 Å². The summed E-state index contributed by atoms with van der Waals surface area (Å²) in [4.78, 5) is 4.72. The van der Waals surface area contributed by atoms with Gasteiger partial charge in [0.25, 0.3) is 0 Å². The topological polar surface area (TPSA) is 26.7 Å². The zero-order valence-corrected chi connectivity index (χ0v) is 7.03. The van der Waals surface area contributed by atoms with E-state index in [1.54, 1.807) is 0 Å². The third-order valence-corrected chi connectivity index (χ3v) is 2.76. The Balaban J connectivity index is 1.79. The fraction of sp³-hybridized carbons (Fsp3) is 1.00. The zero-order chi connectivity index (χ0) is 7.84. The van der Waals surface area contributed by atoms with Crippen LogP contribution in [0.1, 0.15) is 6.42 Å². The molecular weight excluding hydrogens is 140 g/mol. The predicted octanol–water partition coefficient (Wildman–Crippen LogP) is -0.633. The Labute approximate surface area is 67.6 Å². The average Bonchev–Trinajstić information content (AvgIpc) is 2.29. The number of likely N-dealkylation sites (N-methyl/N-ethyl adjacent to an activating group) is 1. The summed E-state index contributed by atoms with van der Waals surface area (Å²) in [6, 6.07) is 0.733. The van der Waals surface area contributed by atoms with Crippen LogP contribution < -0.4 is 0 Å². The van der Waals surface area contributed by atoms with Crippen molar-refractivity contribution in [2.45, 2.75) is 18.6 Å². The molecule has 3 heteroatoms. The van der Waals surface area contributed by atoms with Gasteiger partial charge in [0.15, 0.2) is 0 Å². The maximum atomic E-state index is 9.28. The van der Waals surface area contributed by atoms with E-state index in [2.05, 4.69) is 16.8 Å². The van der Waals surface area contributed by atoms with Crippen LogP contribution in [0.4, 0.5) is 0 Å². The smallest absolute Gasteiger partial charge is 0.0679 e. The summed E-state index contributed by atoms with van der Waals surface area (Å²) in [5.41, 5.74) is 0. The number of aliphatic hydroxyl groups excluding tert-OH is 1. The molecule has 3 nitrogen and oxygen atoms in total. The van der Waals surface area contributed by atoms with Crippen molar-refractivity contribution in [3.05, 3.63) is 0 Å². The Kier molecular flexibility index (Phi) is 1.87. The summed E-state index contributed by atoms with van der Waals surface area (Å²) >= 11 is 0. The van der Waals surface area contributed by atoms with Gasteiger partial charge >= 0.3 is 0 Å². The van der Waals surface area contributed by atoms with Crippen molar-refractivity contribution < 1.29 is 5.11 Å². The van der Waals surface area contributed by atoms with E-state index < -0.39 is 0 Å². The first-order valence-electron chi connectivity index (χ1n) is 4.36. The molecule has 0 bridgehead atoms. The summed E-state index contributed by atoms with van der Waals surface area (Å²) in [6.07, 6.45) is 0.918. The highest BCUT2D eigenvalue weighted by molar-refractivity contribution is 4.90. The summed E-state index contributed by atoms with van der Waals surface area (Å²) in [5, 5.41) is 9.28. The number of aliphatic hydroxyl groups is 1. The summed E-state index contributed by atoms with van der Waals surface area (Å²) < 4.78 is 0. The minimum atomic E-state index is -0.0547. The minimum Gasteiger partial charge on any atom is -0.392 e. The molecule has 1 N–H and O–H groups in total. The monoisotopic (exact) mass is 156 g/mol. The van der Waals surface area contributed by atoms with Crippen molar-refractivity contribution in [2.24, 2.45) is 0 Å². The first kappa shape index (κ1) is 7.53. The van der Waals surface area contributed by atoms with E-state index in [1.165, 1.54) is 13.1 Å². The second kappa shape index (κ2) is 2.73. The van der Waals surface area contributed by atoms with Gasteiger partial charge in [0.05, 0.1) is 6.10 Å². The number of nitrogens with zero attached hydrogens (tertiary/aromatic N) is 2. The lowest BCUT2D eigenvalue weighted by molar-refractivity contribution is 0.0585. The molecule has 1 atom stereocenters. The molecule has 0 spiro atoms. The molecule has 0 saturated carbocycles. The van der Waals surface area contributed by atoms with Crippen LogP contribution in [0.2, 0.25) is 0 Å². The van der Waals surface area contributed by atoms with Crippen molar-refractivity contribution in [1.29, 1.82) is 0 Å². The van der Waals surface area contributed by atoms with E-state index >= 15 is 0 Å². The second-order valence-electron chi connectivity index (χ2n) is 3.81. The first-order chi connectivity index (χ1) is 5.25. The Morgan fingerprint density at radius 1 is 1.27 bits per heavy atom. The fourth-order valence-electron chi connectivity index (χ4n) is 2.00. The lowest BCUT2D eigenvalue weighted by Crippen LogP contribution is -2.57. The van der Waals surface area contributed by atoms with Crippen LogP contribution in [0.15, 0.2) is 0 Å². The Bertz CT molecular complexity index is 145. The fourth-order valence-corrected chi connectivity index (χ4v) is 2.00. The standard InChI is InChI=1S/C8H16N2O/c1-9-4-7(5-9)10-3-2-8(11)6-10/h7-8,11H,2-6H2,1H3/t8-/m1/s1. The third-order valence-electron chi connectivity index (χ3n) is 2.76. The van der Waals surface area contributed by atoms with Crippen LogP contribution in [-0.2, 0) is 0 Å². The highest BCUT2D eigenvalue weighted by Crippen LogP contribution is 2.18. The van der Waals surface area contributed by atoms with E-state index in [0.717, 1.165) is 25.6 Å². The van der Waals surface area contributed by atoms with E-state index in [-0.39, 0.29) is 6.10 Å². The van der Waals surface area contributed by atoms with Gasteiger partial charge in [-0.15, -0.1) is 0 Å². The van der Waals surface area contributed by atoms with Gasteiger partial charge in [0.2, 0.25) is 0 Å². The molecular formula is C8H16N2O. The largest absolute Gasteiger partial charge is 0.392 e. The van der Waals surface area contributed by atoms with Crippen molar-refractivity contribution in [1.82, 2.24) is 9.80 Å². The van der Waals surface area contributed by atoms with Gasteiger partial charge in [-0.25, -0.2) is 0 Å². The maximum Gasteiger partial charge on any atom is 0.0679 e. The van der Waals surface area contributed by atoms with Crippen LogP contribution in [0.5, 0.6) is 0 Å². The molecule has 0 aromatic carbocycles. The summed E-state index contributed by atoms with van der Waals surface area (Å²) in [5.74, 6) is 0. The number of rotatable bonds is 1. The molecule has 0 aromatic rings. The van der Waals surface area contributed by atoms with E-state index in [4.69, 9.17) is 0 Å². The van der Waals surface area contributed by atoms with Gasteiger partial charge in [0.1, 0.15) is 0 Å². The van der Waals surface area contributed by atoms with Gasteiger partial charge in [-0.1, -0.05) is 0 Å². The normalized spacial score (nSPS) is 36.0. The first-order valence-corrected chi connectivity index (χ1v) is 4.36. The van der Waals surface area contributed by atoms with Gasteiger partial charge in [-0.2, -0.15) is 0 Å². The molecule has 0 unspecified atom stereocenters. The van der Waals surface area contributed by atoms with Crippen LogP contribution in [0.3, 0.4) is 0 Å². The van der Waals surface area contributed by atoms with Crippen LogP contribution in [0, 0.1) is 0 Å². The van der Waals surface area contributed by atoms with Crippen LogP contribution >= 0.6 is 0 Å². The third kappa shape index (κ3) is 1.41. The van der Waals surface area contributed by atoms with Crippen LogP contribution in [0.25, 0.3) is 0 Å². The SMILES string of the molecule is CN1CC(N2CC[C@@H](O)C2)C1. The van der Waals surface area contributed by atoms with E-state index in [0.29, 0.717) is 0 Å². The predicted molar refractivity (Wildman–Crippen MR) is 43.5 cm³/mol. The van der Waals surface area contributed by atoms with Crippen molar-refractivity contribution in [3.63, 3.8) is 0 Å². The maximum absolute atomic E-state index is 9.28. The highest BCUT2D eigenvalue weighted by atomic mass is 16.3. The molecule has 2 saturated heterocycles. The number of hydrogen-bond acceptors (Lipinski definition) is 3. The summed E-state index contributed by atoms with van der Waals surface area (Å²) in [7, 11) is 2.14. The molecule has 0 amide bonds. The lowest BCUT2D eigenvalue weighted by Gasteiger charge is -2.41. The van der Waals surface area contributed by atoms with Crippen molar-refractivity contribution in [2.75, 3.05) is 33.2 Å². The van der Waals surface area contributed by atoms with Gasteiger partial charge in [-0.05, 0) is 13.5 Å². The molecule has 2 heterocycles. The van der Waals surface area contributed by atoms with E-state index in [1.807, 2.05) is 0 Å². The number of hydrogen-bond donors (Lipinski definition) is 1. The second-order valence-corrected chi connectivity index (χ2v) is 3.81. The van der Waals surface area contributed by atoms with Crippen LogP contribution in [-0.4, -0.2) is 60.3 Å².